The van der Waals surface area contributed by atoms with Crippen molar-refractivity contribution in [1.29, 1.82) is 0 Å². The van der Waals surface area contributed by atoms with Gasteiger partial charge in [-0.2, -0.15) is 5.10 Å². The largest absolute Gasteiger partial charge is 0.435 e. The van der Waals surface area contributed by atoms with Gasteiger partial charge in [-0.1, -0.05) is 42.5 Å². The van der Waals surface area contributed by atoms with E-state index in [4.69, 9.17) is 4.74 Å². The van der Waals surface area contributed by atoms with Crippen LogP contribution in [0.3, 0.4) is 0 Å². The van der Waals surface area contributed by atoms with Crippen LogP contribution in [0.25, 0.3) is 11.1 Å². The highest BCUT2D eigenvalue weighted by Crippen LogP contribution is 2.31. The van der Waals surface area contributed by atoms with Gasteiger partial charge in [-0.15, -0.1) is 5.10 Å². The van der Waals surface area contributed by atoms with Gasteiger partial charge >= 0.3 is 6.03 Å². The van der Waals surface area contributed by atoms with Gasteiger partial charge in [0.2, 0.25) is 5.88 Å². The van der Waals surface area contributed by atoms with Crippen molar-refractivity contribution < 1.29 is 9.53 Å². The molecule has 1 aromatic heterocycles. The third kappa shape index (κ3) is 3.74. The second kappa shape index (κ2) is 7.44. The molecular weight excluding hydrogens is 316 g/mol. The molecule has 0 spiro atoms. The maximum atomic E-state index is 11.9. The Morgan fingerprint density at radius 3 is 2.52 bits per heavy atom. The van der Waals surface area contributed by atoms with E-state index in [9.17, 15) is 4.79 Å². The lowest BCUT2D eigenvalue weighted by molar-refractivity contribution is 0.249. The maximum absolute atomic E-state index is 11.9. The molecule has 0 fully saturated rings. The van der Waals surface area contributed by atoms with E-state index in [0.717, 1.165) is 11.1 Å². The van der Waals surface area contributed by atoms with Crippen LogP contribution in [-0.2, 0) is 0 Å². The van der Waals surface area contributed by atoms with Crippen molar-refractivity contribution in [2.45, 2.75) is 0 Å². The Balaban J connectivity index is 1.90. The first-order chi connectivity index (χ1) is 12.2. The molecule has 0 aliphatic heterocycles. The van der Waals surface area contributed by atoms with Crippen molar-refractivity contribution in [3.05, 3.63) is 66.9 Å². The van der Waals surface area contributed by atoms with Gasteiger partial charge in [0.15, 0.2) is 5.75 Å². The van der Waals surface area contributed by atoms with Crippen molar-refractivity contribution in [3.63, 3.8) is 0 Å². The number of hydrogen-bond donors (Lipinski definition) is 1. The Hall–Kier alpha value is -3.41. The minimum absolute atomic E-state index is 0.236. The summed E-state index contributed by atoms with van der Waals surface area (Å²) in [5.74, 6) is 0.882. The Labute approximate surface area is 146 Å². The minimum Gasteiger partial charge on any atom is -0.435 e. The Morgan fingerprint density at radius 2 is 1.76 bits per heavy atom. The monoisotopic (exact) mass is 334 g/mol. The topological polar surface area (TPSA) is 67.4 Å². The van der Waals surface area contributed by atoms with Crippen LogP contribution in [0.5, 0.6) is 11.6 Å². The SMILES string of the molecule is CNC(=O)N(C)c1ccccc1Oc1cc(-c2ccccc2)cnn1. The van der Waals surface area contributed by atoms with E-state index in [0.29, 0.717) is 17.3 Å². The van der Waals surface area contributed by atoms with E-state index in [2.05, 4.69) is 15.5 Å². The highest BCUT2D eigenvalue weighted by molar-refractivity contribution is 5.92. The van der Waals surface area contributed by atoms with Gasteiger partial charge in [-0.05, 0) is 17.7 Å². The maximum Gasteiger partial charge on any atom is 0.321 e. The van der Waals surface area contributed by atoms with Crippen molar-refractivity contribution in [2.75, 3.05) is 19.0 Å². The first-order valence-corrected chi connectivity index (χ1v) is 7.79. The molecule has 0 saturated heterocycles. The number of amides is 2. The van der Waals surface area contributed by atoms with E-state index in [1.54, 1.807) is 32.4 Å². The summed E-state index contributed by atoms with van der Waals surface area (Å²) in [6.45, 7) is 0. The number of ether oxygens (including phenoxy) is 1. The summed E-state index contributed by atoms with van der Waals surface area (Å²) in [6.07, 6.45) is 1.69. The summed E-state index contributed by atoms with van der Waals surface area (Å²) >= 11 is 0. The van der Waals surface area contributed by atoms with Crippen LogP contribution >= 0.6 is 0 Å². The van der Waals surface area contributed by atoms with Gasteiger partial charge in [0.05, 0.1) is 11.9 Å². The fourth-order valence-electron chi connectivity index (χ4n) is 2.40. The van der Waals surface area contributed by atoms with Crippen LogP contribution in [0.1, 0.15) is 0 Å². The zero-order valence-corrected chi connectivity index (χ0v) is 14.0. The van der Waals surface area contributed by atoms with Crippen molar-refractivity contribution in [2.24, 2.45) is 0 Å². The summed E-state index contributed by atoms with van der Waals surface area (Å²) in [6, 6.07) is 18.7. The van der Waals surface area contributed by atoms with Gasteiger partial charge < -0.3 is 10.1 Å². The lowest BCUT2D eigenvalue weighted by Gasteiger charge is -2.19. The number of para-hydroxylation sites is 2. The highest BCUT2D eigenvalue weighted by atomic mass is 16.5. The molecule has 0 aliphatic rings. The predicted octanol–water partition coefficient (Wildman–Crippen LogP) is 3.71. The Kier molecular flexibility index (Phi) is 4.89. The third-order valence-electron chi connectivity index (χ3n) is 3.70. The molecule has 6 nitrogen and oxygen atoms in total. The molecule has 0 radical (unpaired) electrons. The molecule has 126 valence electrons. The van der Waals surface area contributed by atoms with Crippen LogP contribution in [0.4, 0.5) is 10.5 Å². The standard InChI is InChI=1S/C19H18N4O2/c1-20-19(24)23(2)16-10-6-7-11-17(16)25-18-12-15(13-21-22-18)14-8-4-3-5-9-14/h3-13H,1-2H3,(H,20,24). The van der Waals surface area contributed by atoms with Crippen LogP contribution in [0.2, 0.25) is 0 Å². The molecule has 2 amide bonds. The number of rotatable bonds is 4. The number of carbonyl (C=O) groups is 1. The lowest BCUT2D eigenvalue weighted by atomic mass is 10.1. The molecule has 2 aromatic carbocycles. The average molecular weight is 334 g/mol. The summed E-state index contributed by atoms with van der Waals surface area (Å²) in [7, 11) is 3.25. The number of nitrogens with zero attached hydrogens (tertiary/aromatic N) is 3. The minimum atomic E-state index is -0.236. The molecule has 3 aromatic rings. The summed E-state index contributed by atoms with van der Waals surface area (Å²) in [5.41, 5.74) is 2.56. The van der Waals surface area contributed by atoms with Gasteiger partial charge in [0.25, 0.3) is 0 Å². The molecule has 0 unspecified atom stereocenters. The number of hydrogen-bond acceptors (Lipinski definition) is 4. The summed E-state index contributed by atoms with van der Waals surface area (Å²) in [4.78, 5) is 13.4. The molecule has 0 atom stereocenters. The summed E-state index contributed by atoms with van der Waals surface area (Å²) < 4.78 is 5.89. The predicted molar refractivity (Wildman–Crippen MR) is 96.8 cm³/mol. The second-order valence-corrected chi connectivity index (χ2v) is 5.33. The quantitative estimate of drug-likeness (QED) is 0.790. The molecule has 0 bridgehead atoms. The summed E-state index contributed by atoms with van der Waals surface area (Å²) in [5, 5.41) is 10.6. The van der Waals surface area contributed by atoms with Crippen molar-refractivity contribution >= 4 is 11.7 Å². The molecule has 0 saturated carbocycles. The zero-order valence-electron chi connectivity index (χ0n) is 14.0. The van der Waals surface area contributed by atoms with Gasteiger partial charge in [0, 0.05) is 25.7 Å². The number of benzene rings is 2. The second-order valence-electron chi connectivity index (χ2n) is 5.33. The van der Waals surface area contributed by atoms with E-state index in [1.807, 2.05) is 48.5 Å². The Bertz CT molecular complexity index is 868. The number of anilines is 1. The molecule has 1 N–H and O–H groups in total. The normalized spacial score (nSPS) is 10.2. The fraction of sp³-hybridized carbons (Fsp3) is 0.105. The molecule has 1 heterocycles. The fourth-order valence-corrected chi connectivity index (χ4v) is 2.40. The average Bonchev–Trinajstić information content (AvgIpc) is 2.68. The Morgan fingerprint density at radius 1 is 1.04 bits per heavy atom. The van der Waals surface area contributed by atoms with Crippen LogP contribution in [0.15, 0.2) is 66.9 Å². The number of urea groups is 1. The van der Waals surface area contributed by atoms with Gasteiger partial charge in [-0.25, -0.2) is 4.79 Å². The van der Waals surface area contributed by atoms with Crippen molar-refractivity contribution in [3.8, 4) is 22.8 Å². The number of carbonyl (C=O) groups excluding carboxylic acids is 1. The smallest absolute Gasteiger partial charge is 0.321 e. The van der Waals surface area contributed by atoms with E-state index < -0.39 is 0 Å². The first-order valence-electron chi connectivity index (χ1n) is 7.79. The van der Waals surface area contributed by atoms with E-state index in [-0.39, 0.29) is 6.03 Å². The van der Waals surface area contributed by atoms with Crippen LogP contribution in [0, 0.1) is 0 Å². The van der Waals surface area contributed by atoms with Crippen LogP contribution < -0.4 is 15.0 Å². The van der Waals surface area contributed by atoms with E-state index in [1.165, 1.54) is 4.90 Å². The molecule has 6 heteroatoms. The lowest BCUT2D eigenvalue weighted by Crippen LogP contribution is -2.34. The third-order valence-corrected chi connectivity index (χ3v) is 3.70. The van der Waals surface area contributed by atoms with Gasteiger partial charge in [0.1, 0.15) is 0 Å². The number of nitrogens with one attached hydrogen (secondary N) is 1. The zero-order chi connectivity index (χ0) is 17.6. The molecule has 3 rings (SSSR count). The number of aromatic nitrogens is 2. The first kappa shape index (κ1) is 16.4. The van der Waals surface area contributed by atoms with Gasteiger partial charge in [-0.3, -0.25) is 4.90 Å². The van der Waals surface area contributed by atoms with Crippen molar-refractivity contribution in [1.82, 2.24) is 15.5 Å². The highest BCUT2D eigenvalue weighted by Gasteiger charge is 2.15. The molecule has 0 aliphatic carbocycles. The molecule has 25 heavy (non-hydrogen) atoms. The van der Waals surface area contributed by atoms with E-state index >= 15 is 0 Å². The van der Waals surface area contributed by atoms with Crippen LogP contribution in [-0.4, -0.2) is 30.3 Å². The molecular formula is C19H18N4O2.